The summed E-state index contributed by atoms with van der Waals surface area (Å²) in [6.45, 7) is 4.31. The van der Waals surface area contributed by atoms with Crippen LogP contribution in [0.15, 0.2) is 18.2 Å². The number of piperidine rings is 1. The van der Waals surface area contributed by atoms with E-state index in [9.17, 15) is 13.9 Å². The molecule has 0 aromatic heterocycles. The Morgan fingerprint density at radius 2 is 2.17 bits per heavy atom. The van der Waals surface area contributed by atoms with Gasteiger partial charge in [-0.2, -0.15) is 0 Å². The van der Waals surface area contributed by atoms with Gasteiger partial charge in [0.15, 0.2) is 0 Å². The quantitative estimate of drug-likeness (QED) is 0.897. The van der Waals surface area contributed by atoms with Crippen LogP contribution in [-0.2, 0) is 6.54 Å². The molecule has 0 spiro atoms. The third-order valence-corrected chi connectivity index (χ3v) is 3.65. The highest BCUT2D eigenvalue weighted by molar-refractivity contribution is 5.18. The molecule has 1 aliphatic rings. The Labute approximate surface area is 106 Å². The number of rotatable bonds is 3. The van der Waals surface area contributed by atoms with Gasteiger partial charge in [-0.3, -0.25) is 4.90 Å². The third kappa shape index (κ3) is 3.06. The minimum atomic E-state index is -0.546. The highest BCUT2D eigenvalue weighted by Crippen LogP contribution is 2.29. The van der Waals surface area contributed by atoms with E-state index in [1.807, 2.05) is 6.92 Å². The molecule has 1 aromatic carbocycles. The minimum absolute atomic E-state index is 0.102. The molecule has 1 saturated heterocycles. The number of hydrogen-bond donors (Lipinski definition) is 1. The van der Waals surface area contributed by atoms with Gasteiger partial charge in [0.05, 0.1) is 0 Å². The van der Waals surface area contributed by atoms with Gasteiger partial charge in [-0.15, -0.1) is 0 Å². The van der Waals surface area contributed by atoms with Crippen molar-refractivity contribution in [3.05, 3.63) is 35.4 Å². The van der Waals surface area contributed by atoms with Crippen LogP contribution in [0.2, 0.25) is 0 Å². The molecule has 100 valence electrons. The Morgan fingerprint density at radius 1 is 1.39 bits per heavy atom. The summed E-state index contributed by atoms with van der Waals surface area (Å²) in [4.78, 5) is 2.12. The van der Waals surface area contributed by atoms with Crippen LogP contribution in [0.3, 0.4) is 0 Å². The van der Waals surface area contributed by atoms with E-state index in [2.05, 4.69) is 4.90 Å². The summed E-state index contributed by atoms with van der Waals surface area (Å²) >= 11 is 0. The topological polar surface area (TPSA) is 23.5 Å². The second-order valence-corrected chi connectivity index (χ2v) is 5.52. The molecule has 1 aliphatic heterocycles. The number of aliphatic hydroxyl groups is 1. The van der Waals surface area contributed by atoms with Crippen LogP contribution in [0, 0.1) is 17.0 Å². The van der Waals surface area contributed by atoms with E-state index in [-0.39, 0.29) is 12.0 Å². The van der Waals surface area contributed by atoms with E-state index in [4.69, 9.17) is 0 Å². The fraction of sp³-hybridized carbons (Fsp3) is 0.571. The summed E-state index contributed by atoms with van der Waals surface area (Å²) in [6.07, 6.45) is 1.99. The lowest BCUT2D eigenvalue weighted by Crippen LogP contribution is -2.43. The first-order valence-corrected chi connectivity index (χ1v) is 6.30. The Bertz CT molecular complexity index is 424. The van der Waals surface area contributed by atoms with Crippen molar-refractivity contribution < 1.29 is 13.9 Å². The molecule has 4 heteroatoms. The predicted octanol–water partition coefficient (Wildman–Crippen LogP) is 2.56. The maximum atomic E-state index is 13.6. The Hall–Kier alpha value is -1.00. The van der Waals surface area contributed by atoms with Crippen LogP contribution in [0.5, 0.6) is 0 Å². The normalized spacial score (nSPS) is 25.3. The average molecular weight is 255 g/mol. The van der Waals surface area contributed by atoms with Crippen molar-refractivity contribution in [2.24, 2.45) is 5.41 Å². The number of aliphatic hydroxyl groups excluding tert-OH is 1. The predicted molar refractivity (Wildman–Crippen MR) is 66.1 cm³/mol. The lowest BCUT2D eigenvalue weighted by Gasteiger charge is -2.39. The first-order valence-electron chi connectivity index (χ1n) is 6.30. The number of likely N-dealkylation sites (tertiary alicyclic amines) is 1. The van der Waals surface area contributed by atoms with E-state index in [1.165, 1.54) is 12.1 Å². The van der Waals surface area contributed by atoms with Gasteiger partial charge in [-0.1, -0.05) is 13.0 Å². The number of nitrogens with zero attached hydrogens (tertiary/aromatic N) is 1. The molecule has 1 N–H and O–H groups in total. The fourth-order valence-electron chi connectivity index (χ4n) is 2.58. The molecule has 0 radical (unpaired) electrons. The van der Waals surface area contributed by atoms with Crippen LogP contribution in [0.25, 0.3) is 0 Å². The van der Waals surface area contributed by atoms with Gasteiger partial charge in [0.1, 0.15) is 11.6 Å². The standard InChI is InChI=1S/C14H19F2NO/c1-14(10-18)5-2-6-17(9-14)8-11-3-4-12(15)7-13(11)16/h3-4,7,18H,2,5-6,8-10H2,1H3. The van der Waals surface area contributed by atoms with Gasteiger partial charge in [0, 0.05) is 36.7 Å². The van der Waals surface area contributed by atoms with Crippen molar-refractivity contribution in [2.75, 3.05) is 19.7 Å². The Kier molecular flexibility index (Phi) is 3.97. The smallest absolute Gasteiger partial charge is 0.130 e. The zero-order valence-corrected chi connectivity index (χ0v) is 10.6. The van der Waals surface area contributed by atoms with E-state index in [0.29, 0.717) is 12.1 Å². The van der Waals surface area contributed by atoms with E-state index >= 15 is 0 Å². The lowest BCUT2D eigenvalue weighted by molar-refractivity contribution is 0.0424. The zero-order valence-electron chi connectivity index (χ0n) is 10.6. The minimum Gasteiger partial charge on any atom is -0.396 e. The van der Waals surface area contributed by atoms with Crippen LogP contribution < -0.4 is 0 Å². The summed E-state index contributed by atoms with van der Waals surface area (Å²) in [5.41, 5.74) is 0.410. The zero-order chi connectivity index (χ0) is 13.2. The molecule has 0 aliphatic carbocycles. The molecule has 2 nitrogen and oxygen atoms in total. The number of halogens is 2. The summed E-state index contributed by atoms with van der Waals surface area (Å²) in [5.74, 6) is -1.04. The monoisotopic (exact) mass is 255 g/mol. The van der Waals surface area contributed by atoms with E-state index < -0.39 is 11.6 Å². The average Bonchev–Trinajstić information content (AvgIpc) is 2.33. The van der Waals surface area contributed by atoms with Crippen LogP contribution >= 0.6 is 0 Å². The summed E-state index contributed by atoms with van der Waals surface area (Å²) in [5, 5.41) is 9.37. The maximum absolute atomic E-state index is 13.6. The van der Waals surface area contributed by atoms with Gasteiger partial charge in [0.25, 0.3) is 0 Å². The van der Waals surface area contributed by atoms with Crippen molar-refractivity contribution in [1.82, 2.24) is 4.90 Å². The summed E-state index contributed by atoms with van der Waals surface area (Å²) in [7, 11) is 0. The van der Waals surface area contributed by atoms with Crippen molar-refractivity contribution in [3.8, 4) is 0 Å². The van der Waals surface area contributed by atoms with Gasteiger partial charge < -0.3 is 5.11 Å². The highest BCUT2D eigenvalue weighted by Gasteiger charge is 2.30. The molecule has 1 fully saturated rings. The van der Waals surface area contributed by atoms with Crippen molar-refractivity contribution >= 4 is 0 Å². The Morgan fingerprint density at radius 3 is 2.83 bits per heavy atom. The van der Waals surface area contributed by atoms with Gasteiger partial charge in [-0.05, 0) is 25.5 Å². The highest BCUT2D eigenvalue weighted by atomic mass is 19.1. The van der Waals surface area contributed by atoms with Crippen molar-refractivity contribution in [3.63, 3.8) is 0 Å². The molecule has 0 amide bonds. The molecule has 1 heterocycles. The molecule has 1 unspecified atom stereocenters. The molecular weight excluding hydrogens is 236 g/mol. The Balaban J connectivity index is 2.05. The van der Waals surface area contributed by atoms with Crippen LogP contribution in [-0.4, -0.2) is 29.7 Å². The van der Waals surface area contributed by atoms with Crippen molar-refractivity contribution in [2.45, 2.75) is 26.3 Å². The molecule has 1 aromatic rings. The van der Waals surface area contributed by atoms with Crippen LogP contribution in [0.4, 0.5) is 8.78 Å². The number of hydrogen-bond acceptors (Lipinski definition) is 2. The van der Waals surface area contributed by atoms with Gasteiger partial charge >= 0.3 is 0 Å². The van der Waals surface area contributed by atoms with Crippen LogP contribution in [0.1, 0.15) is 25.3 Å². The molecule has 2 rings (SSSR count). The largest absolute Gasteiger partial charge is 0.396 e. The lowest BCUT2D eigenvalue weighted by atomic mass is 9.82. The first kappa shape index (κ1) is 13.4. The van der Waals surface area contributed by atoms with E-state index in [1.54, 1.807) is 0 Å². The molecule has 1 atom stereocenters. The second kappa shape index (κ2) is 5.33. The van der Waals surface area contributed by atoms with Crippen molar-refractivity contribution in [1.29, 1.82) is 0 Å². The molecular formula is C14H19F2NO. The van der Waals surface area contributed by atoms with E-state index in [0.717, 1.165) is 32.0 Å². The number of benzene rings is 1. The molecule has 0 bridgehead atoms. The fourth-order valence-corrected chi connectivity index (χ4v) is 2.58. The second-order valence-electron chi connectivity index (χ2n) is 5.52. The first-order chi connectivity index (χ1) is 8.52. The molecule has 18 heavy (non-hydrogen) atoms. The SMILES string of the molecule is CC1(CO)CCCN(Cc2ccc(F)cc2F)C1. The summed E-state index contributed by atoms with van der Waals surface area (Å²) in [6, 6.07) is 3.70. The molecule has 0 saturated carbocycles. The van der Waals surface area contributed by atoms with Gasteiger partial charge in [-0.25, -0.2) is 8.78 Å². The van der Waals surface area contributed by atoms with Gasteiger partial charge in [0.2, 0.25) is 0 Å². The maximum Gasteiger partial charge on any atom is 0.130 e. The third-order valence-electron chi connectivity index (χ3n) is 3.65. The summed E-state index contributed by atoms with van der Waals surface area (Å²) < 4.78 is 26.4.